The van der Waals surface area contributed by atoms with E-state index in [0.29, 0.717) is 25.7 Å². The summed E-state index contributed by atoms with van der Waals surface area (Å²) >= 11 is 0. The second-order valence-electron chi connectivity index (χ2n) is 25.6. The van der Waals surface area contributed by atoms with E-state index in [4.69, 9.17) is 37.0 Å². The Morgan fingerprint density at radius 2 is 0.580 bits per heavy atom. The van der Waals surface area contributed by atoms with Gasteiger partial charge in [-0.25, -0.2) is 9.13 Å². The fraction of sp³-hybridized carbons (Fsp3) is 0.942. The van der Waals surface area contributed by atoms with Crippen molar-refractivity contribution in [1.29, 1.82) is 0 Å². The molecule has 0 aliphatic rings. The number of aliphatic hydroxyl groups is 1. The summed E-state index contributed by atoms with van der Waals surface area (Å²) in [7, 11) is -9.89. The van der Waals surface area contributed by atoms with Crippen LogP contribution in [0.3, 0.4) is 0 Å². The van der Waals surface area contributed by atoms with Gasteiger partial charge in [-0.15, -0.1) is 0 Å². The number of carbonyl (C=O) groups excluding carboxylic acids is 4. The molecule has 0 aromatic carbocycles. The minimum atomic E-state index is -4.95. The number of carbonyl (C=O) groups is 4. The molecule has 0 bridgehead atoms. The van der Waals surface area contributed by atoms with Gasteiger partial charge in [-0.3, -0.25) is 37.3 Å². The molecule has 19 heteroatoms. The van der Waals surface area contributed by atoms with Crippen molar-refractivity contribution in [2.24, 2.45) is 11.8 Å². The minimum Gasteiger partial charge on any atom is -0.462 e. The molecule has 88 heavy (non-hydrogen) atoms. The van der Waals surface area contributed by atoms with Crippen LogP contribution in [0, 0.1) is 11.8 Å². The number of unbranched alkanes of at least 4 members (excludes halogenated alkanes) is 37. The van der Waals surface area contributed by atoms with Gasteiger partial charge in [0, 0.05) is 25.7 Å². The highest BCUT2D eigenvalue weighted by Gasteiger charge is 2.30. The van der Waals surface area contributed by atoms with E-state index in [0.717, 1.165) is 115 Å². The second-order valence-corrected chi connectivity index (χ2v) is 28.5. The lowest BCUT2D eigenvalue weighted by Crippen LogP contribution is -2.30. The standard InChI is InChI=1S/C69H134O17P2/c1-7-10-12-14-16-17-18-20-24-27-34-40-46-52-67(72)80-58-65(85-68(73)53-47-41-35-28-25-22-19-21-23-26-32-37-43-49-61(4)5)60-84-88(77,78)82-56-63(70)55-81-87(75,76)83-59-64(57-79-66(71)51-45-39-31-15-13-11-8-2)86-69(74)54-48-42-36-30-29-33-38-44-50-62(6)9-3/h61-65,70H,7-60H2,1-6H3,(H,75,76)(H,77,78)/t62?,63-,64+,65+/m0/s1. The molecular weight excluding hydrogens is 1160 g/mol. The van der Waals surface area contributed by atoms with Gasteiger partial charge in [-0.1, -0.05) is 298 Å². The van der Waals surface area contributed by atoms with E-state index in [1.165, 1.54) is 154 Å². The lowest BCUT2D eigenvalue weighted by Gasteiger charge is -2.21. The molecule has 0 aromatic rings. The van der Waals surface area contributed by atoms with E-state index in [2.05, 4.69) is 41.5 Å². The van der Waals surface area contributed by atoms with Gasteiger partial charge in [0.05, 0.1) is 26.4 Å². The lowest BCUT2D eigenvalue weighted by molar-refractivity contribution is -0.161. The Labute approximate surface area is 537 Å². The monoisotopic (exact) mass is 1300 g/mol. The van der Waals surface area contributed by atoms with Crippen molar-refractivity contribution in [3.05, 3.63) is 0 Å². The van der Waals surface area contributed by atoms with Crippen LogP contribution in [-0.4, -0.2) is 96.7 Å². The zero-order chi connectivity index (χ0) is 65.0. The largest absolute Gasteiger partial charge is 0.472 e. The van der Waals surface area contributed by atoms with E-state index in [9.17, 15) is 43.2 Å². The van der Waals surface area contributed by atoms with Crippen LogP contribution in [0.25, 0.3) is 0 Å². The molecule has 0 rings (SSSR count). The smallest absolute Gasteiger partial charge is 0.462 e. The maximum absolute atomic E-state index is 13.0. The first-order valence-corrected chi connectivity index (χ1v) is 39.0. The Morgan fingerprint density at radius 1 is 0.330 bits per heavy atom. The number of hydrogen-bond acceptors (Lipinski definition) is 15. The first kappa shape index (κ1) is 86.1. The van der Waals surface area contributed by atoms with Gasteiger partial charge in [0.25, 0.3) is 0 Å². The van der Waals surface area contributed by atoms with Crippen LogP contribution in [0.5, 0.6) is 0 Å². The van der Waals surface area contributed by atoms with E-state index >= 15 is 0 Å². The van der Waals surface area contributed by atoms with E-state index in [1.54, 1.807) is 0 Å². The van der Waals surface area contributed by atoms with Crippen LogP contribution in [0.15, 0.2) is 0 Å². The highest BCUT2D eigenvalue weighted by molar-refractivity contribution is 7.47. The molecule has 0 heterocycles. The molecule has 3 N–H and O–H groups in total. The van der Waals surface area contributed by atoms with Gasteiger partial charge < -0.3 is 33.8 Å². The molecule has 522 valence electrons. The third-order valence-corrected chi connectivity index (χ3v) is 18.2. The highest BCUT2D eigenvalue weighted by atomic mass is 31.2. The Balaban J connectivity index is 5.22. The summed E-state index contributed by atoms with van der Waals surface area (Å²) in [6.45, 7) is 9.52. The molecule has 0 aliphatic carbocycles. The number of ether oxygens (including phenoxy) is 4. The summed E-state index contributed by atoms with van der Waals surface area (Å²) in [6.07, 6.45) is 45.8. The molecule has 0 amide bonds. The number of rotatable bonds is 68. The molecule has 0 aromatic heterocycles. The fourth-order valence-corrected chi connectivity index (χ4v) is 12.0. The Morgan fingerprint density at radius 3 is 0.864 bits per heavy atom. The van der Waals surface area contributed by atoms with Crippen LogP contribution < -0.4 is 0 Å². The molecule has 3 unspecified atom stereocenters. The van der Waals surface area contributed by atoms with Crippen LogP contribution in [0.2, 0.25) is 0 Å². The molecule has 0 radical (unpaired) electrons. The van der Waals surface area contributed by atoms with Crippen molar-refractivity contribution in [1.82, 2.24) is 0 Å². The molecule has 6 atom stereocenters. The molecule has 0 fully saturated rings. The van der Waals surface area contributed by atoms with Gasteiger partial charge in [0.2, 0.25) is 0 Å². The van der Waals surface area contributed by atoms with Crippen molar-refractivity contribution >= 4 is 39.5 Å². The second kappa shape index (κ2) is 61.3. The lowest BCUT2D eigenvalue weighted by atomic mass is 9.99. The zero-order valence-corrected chi connectivity index (χ0v) is 58.8. The van der Waals surface area contributed by atoms with Gasteiger partial charge >= 0.3 is 39.5 Å². The summed E-state index contributed by atoms with van der Waals surface area (Å²) in [5.74, 6) is -0.573. The quantitative estimate of drug-likeness (QED) is 0.0222. The van der Waals surface area contributed by atoms with E-state index in [-0.39, 0.29) is 25.7 Å². The van der Waals surface area contributed by atoms with E-state index in [1.807, 2.05) is 0 Å². The molecule has 17 nitrogen and oxygen atoms in total. The first-order valence-electron chi connectivity index (χ1n) is 36.0. The number of aliphatic hydroxyl groups excluding tert-OH is 1. The Bertz CT molecular complexity index is 1720. The van der Waals surface area contributed by atoms with Crippen LogP contribution in [-0.2, 0) is 65.4 Å². The maximum Gasteiger partial charge on any atom is 0.472 e. The van der Waals surface area contributed by atoms with Gasteiger partial charge in [-0.2, -0.15) is 0 Å². The highest BCUT2D eigenvalue weighted by Crippen LogP contribution is 2.45. The number of hydrogen-bond donors (Lipinski definition) is 3. The van der Waals surface area contributed by atoms with Gasteiger partial charge in [0.15, 0.2) is 12.2 Å². The third-order valence-electron chi connectivity index (χ3n) is 16.3. The van der Waals surface area contributed by atoms with Crippen LogP contribution in [0.4, 0.5) is 0 Å². The molecule has 0 spiro atoms. The number of phosphoric acid groups is 2. The number of esters is 4. The molecule has 0 saturated carbocycles. The molecule has 0 saturated heterocycles. The van der Waals surface area contributed by atoms with Crippen LogP contribution in [0.1, 0.15) is 350 Å². The van der Waals surface area contributed by atoms with Crippen molar-refractivity contribution < 1.29 is 80.2 Å². The molecule has 0 aliphatic heterocycles. The van der Waals surface area contributed by atoms with Gasteiger partial charge in [-0.05, 0) is 37.5 Å². The summed E-state index contributed by atoms with van der Waals surface area (Å²) < 4.78 is 68.2. The average Bonchev–Trinajstić information content (AvgIpc) is 3.71. The molecular formula is C69H134O17P2. The van der Waals surface area contributed by atoms with Crippen molar-refractivity contribution in [3.63, 3.8) is 0 Å². The SMILES string of the molecule is CCCCCCCCCCCCCCCC(=O)OC[C@H](COP(=O)(O)OC[C@@H](O)COP(=O)(O)OC[C@@H](COC(=O)CCCCCCCCC)OC(=O)CCCCCCCCCCC(C)CC)OC(=O)CCCCCCCCCCCCCCCC(C)C. The summed E-state index contributed by atoms with van der Waals surface area (Å²) in [6, 6.07) is 0. The van der Waals surface area contributed by atoms with Crippen molar-refractivity contribution in [2.45, 2.75) is 368 Å². The van der Waals surface area contributed by atoms with Crippen molar-refractivity contribution in [2.75, 3.05) is 39.6 Å². The minimum absolute atomic E-state index is 0.105. The average molecular weight is 1300 g/mol. The van der Waals surface area contributed by atoms with Crippen LogP contribution >= 0.6 is 15.6 Å². The number of phosphoric ester groups is 2. The topological polar surface area (TPSA) is 237 Å². The maximum atomic E-state index is 13.0. The first-order chi connectivity index (χ1) is 42.4. The Kier molecular flexibility index (Phi) is 59.9. The zero-order valence-electron chi connectivity index (χ0n) is 57.0. The summed E-state index contributed by atoms with van der Waals surface area (Å²) in [5, 5.41) is 10.6. The Hall–Kier alpha value is -1.94. The van der Waals surface area contributed by atoms with Crippen molar-refractivity contribution in [3.8, 4) is 0 Å². The van der Waals surface area contributed by atoms with Gasteiger partial charge in [0.1, 0.15) is 19.3 Å². The van der Waals surface area contributed by atoms with E-state index < -0.39 is 97.5 Å². The third kappa shape index (κ3) is 61.6. The predicted molar refractivity (Wildman–Crippen MR) is 354 cm³/mol. The normalized spacial score (nSPS) is 14.5. The predicted octanol–water partition coefficient (Wildman–Crippen LogP) is 19.6. The summed E-state index contributed by atoms with van der Waals surface area (Å²) in [4.78, 5) is 72.4. The summed E-state index contributed by atoms with van der Waals surface area (Å²) in [5.41, 5.74) is 0. The fourth-order valence-electron chi connectivity index (χ4n) is 10.4.